The Morgan fingerprint density at radius 1 is 1.04 bits per heavy atom. The van der Waals surface area contributed by atoms with Gasteiger partial charge in [-0.25, -0.2) is 15.0 Å². The van der Waals surface area contributed by atoms with E-state index in [2.05, 4.69) is 20.6 Å². The van der Waals surface area contributed by atoms with Crippen LogP contribution >= 0.6 is 11.6 Å². The summed E-state index contributed by atoms with van der Waals surface area (Å²) in [5.41, 5.74) is 5.21. The third kappa shape index (κ3) is 3.20. The lowest BCUT2D eigenvalue weighted by atomic mass is 10.1. The van der Waals surface area contributed by atoms with Crippen molar-refractivity contribution in [1.82, 2.24) is 19.5 Å². The number of anilines is 3. The van der Waals surface area contributed by atoms with Crippen molar-refractivity contribution in [3.63, 3.8) is 0 Å². The Hall–Kier alpha value is -3.32. The molecule has 0 aliphatic carbocycles. The minimum atomic E-state index is 0.198. The molecular weight excluding hydrogens is 376 g/mol. The molecule has 8 heteroatoms. The molecule has 2 aromatic carbocycles. The van der Waals surface area contributed by atoms with Gasteiger partial charge in [0.2, 0.25) is 11.2 Å². The van der Waals surface area contributed by atoms with Gasteiger partial charge in [-0.2, -0.15) is 0 Å². The maximum atomic E-state index is 6.02. The summed E-state index contributed by atoms with van der Waals surface area (Å²) in [6, 6.07) is 13.6. The first kappa shape index (κ1) is 18.1. The number of nitrogens with zero attached hydrogens (tertiary/aromatic N) is 4. The maximum absolute atomic E-state index is 6.02. The molecule has 4 aromatic rings. The number of imidazole rings is 1. The SMILES string of the molecule is CNc1ccc2c(nc(Nc3ccc(OC)cc3)n2C)c1-c1ccnc(Cl)n1. The van der Waals surface area contributed by atoms with Crippen LogP contribution in [-0.2, 0) is 7.05 Å². The molecule has 28 heavy (non-hydrogen) atoms. The number of hydrogen-bond donors (Lipinski definition) is 2. The predicted octanol–water partition coefficient (Wildman–Crippen LogP) is 4.48. The number of ether oxygens (including phenoxy) is 1. The summed E-state index contributed by atoms with van der Waals surface area (Å²) in [7, 11) is 5.48. The summed E-state index contributed by atoms with van der Waals surface area (Å²) in [5, 5.41) is 6.77. The Morgan fingerprint density at radius 3 is 2.50 bits per heavy atom. The van der Waals surface area contributed by atoms with E-state index in [4.69, 9.17) is 21.3 Å². The molecule has 7 nitrogen and oxygen atoms in total. The molecule has 0 atom stereocenters. The van der Waals surface area contributed by atoms with Crippen LogP contribution in [0.4, 0.5) is 17.3 Å². The van der Waals surface area contributed by atoms with Crippen LogP contribution in [-0.4, -0.2) is 33.7 Å². The van der Waals surface area contributed by atoms with Crippen molar-refractivity contribution in [2.75, 3.05) is 24.8 Å². The predicted molar refractivity (Wildman–Crippen MR) is 113 cm³/mol. The normalized spacial score (nSPS) is 10.9. The van der Waals surface area contributed by atoms with E-state index < -0.39 is 0 Å². The summed E-state index contributed by atoms with van der Waals surface area (Å²) < 4.78 is 7.22. The van der Waals surface area contributed by atoms with Gasteiger partial charge in [-0.05, 0) is 54.1 Å². The summed E-state index contributed by atoms with van der Waals surface area (Å²) >= 11 is 6.02. The molecule has 0 aliphatic heterocycles. The molecule has 4 rings (SSSR count). The molecule has 0 radical (unpaired) electrons. The lowest BCUT2D eigenvalue weighted by molar-refractivity contribution is 0.415. The molecule has 0 unspecified atom stereocenters. The summed E-state index contributed by atoms with van der Waals surface area (Å²) in [4.78, 5) is 13.2. The van der Waals surface area contributed by atoms with Crippen LogP contribution in [0.3, 0.4) is 0 Å². The monoisotopic (exact) mass is 394 g/mol. The number of methoxy groups -OCH3 is 1. The Kier molecular flexibility index (Phi) is 4.75. The zero-order valence-corrected chi connectivity index (χ0v) is 16.4. The van der Waals surface area contributed by atoms with Crippen LogP contribution < -0.4 is 15.4 Å². The Morgan fingerprint density at radius 2 is 1.82 bits per heavy atom. The highest BCUT2D eigenvalue weighted by Gasteiger charge is 2.17. The van der Waals surface area contributed by atoms with Crippen molar-refractivity contribution in [3.05, 3.63) is 53.9 Å². The average Bonchev–Trinajstić information content (AvgIpc) is 3.03. The van der Waals surface area contributed by atoms with Crippen molar-refractivity contribution in [3.8, 4) is 17.0 Å². The highest BCUT2D eigenvalue weighted by Crippen LogP contribution is 2.35. The van der Waals surface area contributed by atoms with Crippen LogP contribution in [0.2, 0.25) is 5.28 Å². The Bertz CT molecular complexity index is 1140. The van der Waals surface area contributed by atoms with Gasteiger partial charge in [0.1, 0.15) is 11.3 Å². The van der Waals surface area contributed by atoms with Crippen molar-refractivity contribution in [1.29, 1.82) is 0 Å². The van der Waals surface area contributed by atoms with Crippen LogP contribution in [0.25, 0.3) is 22.3 Å². The first-order valence-corrected chi connectivity index (χ1v) is 9.05. The number of aryl methyl sites for hydroxylation is 1. The van der Waals surface area contributed by atoms with Gasteiger partial charge in [0, 0.05) is 31.7 Å². The fourth-order valence-electron chi connectivity index (χ4n) is 3.12. The van der Waals surface area contributed by atoms with Gasteiger partial charge in [0.15, 0.2) is 0 Å². The van der Waals surface area contributed by atoms with Gasteiger partial charge in [-0.3, -0.25) is 0 Å². The van der Waals surface area contributed by atoms with Gasteiger partial charge in [0.05, 0.1) is 23.9 Å². The summed E-state index contributed by atoms with van der Waals surface area (Å²) in [6.07, 6.45) is 1.64. The molecule has 0 bridgehead atoms. The maximum Gasteiger partial charge on any atom is 0.222 e. The number of hydrogen-bond acceptors (Lipinski definition) is 6. The molecule has 0 fully saturated rings. The van der Waals surface area contributed by atoms with Crippen LogP contribution in [0, 0.1) is 0 Å². The quantitative estimate of drug-likeness (QED) is 0.486. The van der Waals surface area contributed by atoms with E-state index in [1.165, 1.54) is 0 Å². The number of aromatic nitrogens is 4. The van der Waals surface area contributed by atoms with E-state index >= 15 is 0 Å². The minimum absolute atomic E-state index is 0.198. The Labute approximate surface area is 167 Å². The van der Waals surface area contributed by atoms with Gasteiger partial charge >= 0.3 is 0 Å². The fraction of sp³-hybridized carbons (Fsp3) is 0.150. The first-order chi connectivity index (χ1) is 13.6. The number of fused-ring (bicyclic) bond motifs is 1. The lowest BCUT2D eigenvalue weighted by Crippen LogP contribution is -1.99. The molecule has 0 saturated heterocycles. The first-order valence-electron chi connectivity index (χ1n) is 8.68. The van der Waals surface area contributed by atoms with E-state index in [1.54, 1.807) is 13.3 Å². The van der Waals surface area contributed by atoms with Crippen molar-refractivity contribution in [2.24, 2.45) is 7.05 Å². The van der Waals surface area contributed by atoms with Gasteiger partial charge in [0.25, 0.3) is 0 Å². The highest BCUT2D eigenvalue weighted by molar-refractivity contribution is 6.28. The fourth-order valence-corrected chi connectivity index (χ4v) is 3.26. The number of rotatable bonds is 5. The van der Waals surface area contributed by atoms with Crippen molar-refractivity contribution in [2.45, 2.75) is 0 Å². The van der Waals surface area contributed by atoms with Gasteiger partial charge < -0.3 is 19.9 Å². The molecule has 142 valence electrons. The molecular formula is C20H19ClN6O. The molecule has 2 aromatic heterocycles. The van der Waals surface area contributed by atoms with E-state index in [0.717, 1.165) is 39.7 Å². The molecule has 0 amide bonds. The van der Waals surface area contributed by atoms with E-state index in [1.807, 2.05) is 61.1 Å². The zero-order valence-electron chi connectivity index (χ0n) is 15.7. The third-order valence-electron chi connectivity index (χ3n) is 4.55. The average molecular weight is 395 g/mol. The number of nitrogens with one attached hydrogen (secondary N) is 2. The second-order valence-corrected chi connectivity index (χ2v) is 6.50. The molecule has 2 heterocycles. The largest absolute Gasteiger partial charge is 0.497 e. The second kappa shape index (κ2) is 7.36. The van der Waals surface area contributed by atoms with Crippen LogP contribution in [0.1, 0.15) is 0 Å². The number of benzene rings is 2. The van der Waals surface area contributed by atoms with Crippen molar-refractivity contribution < 1.29 is 4.74 Å². The van der Waals surface area contributed by atoms with Crippen molar-refractivity contribution >= 4 is 40.0 Å². The molecule has 0 aliphatic rings. The van der Waals surface area contributed by atoms with Crippen LogP contribution in [0.15, 0.2) is 48.7 Å². The summed E-state index contributed by atoms with van der Waals surface area (Å²) in [5.74, 6) is 1.52. The molecule has 2 N–H and O–H groups in total. The summed E-state index contributed by atoms with van der Waals surface area (Å²) in [6.45, 7) is 0. The zero-order chi connectivity index (χ0) is 19.7. The topological polar surface area (TPSA) is 76.9 Å². The Balaban J connectivity index is 1.84. The van der Waals surface area contributed by atoms with E-state index in [0.29, 0.717) is 5.69 Å². The van der Waals surface area contributed by atoms with E-state index in [-0.39, 0.29) is 5.28 Å². The minimum Gasteiger partial charge on any atom is -0.497 e. The smallest absolute Gasteiger partial charge is 0.222 e. The second-order valence-electron chi connectivity index (χ2n) is 6.16. The molecule has 0 saturated carbocycles. The molecule has 0 spiro atoms. The van der Waals surface area contributed by atoms with Crippen LogP contribution in [0.5, 0.6) is 5.75 Å². The lowest BCUT2D eigenvalue weighted by Gasteiger charge is -2.10. The standard InChI is InChI=1S/C20H19ClN6O/c1-22-14-8-9-16-18(17(14)15-10-11-23-19(21)25-15)26-20(27(16)2)24-12-4-6-13(28-3)7-5-12/h4-11,22H,1-3H3,(H,24,26). The van der Waals surface area contributed by atoms with E-state index in [9.17, 15) is 0 Å². The van der Waals surface area contributed by atoms with Gasteiger partial charge in [-0.1, -0.05) is 0 Å². The van der Waals surface area contributed by atoms with Gasteiger partial charge in [-0.15, -0.1) is 0 Å². The highest BCUT2D eigenvalue weighted by atomic mass is 35.5. The number of halogens is 1. The third-order valence-corrected chi connectivity index (χ3v) is 4.73.